The quantitative estimate of drug-likeness (QED) is 0.478. The lowest BCUT2D eigenvalue weighted by Crippen LogP contribution is -2.68. The van der Waals surface area contributed by atoms with Gasteiger partial charge in [0.2, 0.25) is 0 Å². The minimum Gasteiger partial charge on any atom is -0.332 e. The first-order chi connectivity index (χ1) is 6.77. The number of halogens is 1. The number of ether oxygens (including phenoxy) is 1. The Hall–Kier alpha value is 0.0500. The fraction of sp³-hybridized carbons (Fsp3) is 1.00. The van der Waals surface area contributed by atoms with Crippen LogP contribution in [0.25, 0.3) is 0 Å². The third-order valence-electron chi connectivity index (χ3n) is 2.25. The van der Waals surface area contributed by atoms with Crippen LogP contribution in [0.15, 0.2) is 0 Å². The summed E-state index contributed by atoms with van der Waals surface area (Å²) in [6.07, 6.45) is 2.76. The van der Waals surface area contributed by atoms with Gasteiger partial charge in [-0.3, -0.25) is 0 Å². The fourth-order valence-electron chi connectivity index (χ4n) is 1.54. The first-order valence-electron chi connectivity index (χ1n) is 4.80. The van der Waals surface area contributed by atoms with Gasteiger partial charge in [-0.05, 0) is 6.92 Å². The van der Waals surface area contributed by atoms with Crippen LogP contribution in [0.2, 0.25) is 0 Å². The van der Waals surface area contributed by atoms with E-state index in [9.17, 15) is 0 Å². The van der Waals surface area contributed by atoms with E-state index in [0.717, 1.165) is 17.8 Å². The van der Waals surface area contributed by atoms with Crippen molar-refractivity contribution in [3.63, 3.8) is 0 Å². The largest absolute Gasteiger partial charge is 0.332 e. The third-order valence-corrected chi connectivity index (χ3v) is 2.25. The maximum atomic E-state index is 8.49. The number of rotatable bonds is 3. The lowest BCUT2D eigenvalue weighted by Gasteiger charge is -2.27. The number of hydrogen-bond donors (Lipinski definition) is 0. The molecule has 15 heavy (non-hydrogen) atoms. The lowest BCUT2D eigenvalue weighted by atomic mass is 10.4. The smallest absolute Gasteiger partial charge is 0.182 e. The molecule has 1 aliphatic rings. The van der Waals surface area contributed by atoms with Crippen molar-refractivity contribution in [2.45, 2.75) is 19.8 Å². The van der Waals surface area contributed by atoms with E-state index in [0.29, 0.717) is 0 Å². The van der Waals surface area contributed by atoms with Crippen LogP contribution < -0.4 is 18.6 Å². The van der Waals surface area contributed by atoms with E-state index in [4.69, 9.17) is 23.4 Å². The van der Waals surface area contributed by atoms with E-state index < -0.39 is 10.2 Å². The van der Waals surface area contributed by atoms with Gasteiger partial charge in [-0.25, -0.2) is 18.6 Å². The first-order valence-corrected chi connectivity index (χ1v) is 6.03. The summed E-state index contributed by atoms with van der Waals surface area (Å²) in [4.78, 5) is 0. The maximum absolute atomic E-state index is 8.49. The van der Waals surface area contributed by atoms with Crippen molar-refractivity contribution in [3.8, 4) is 0 Å². The first kappa shape index (κ1) is 15.0. The molecule has 92 valence electrons. The summed E-state index contributed by atoms with van der Waals surface area (Å²) in [5.41, 5.74) is 0. The molecule has 0 aliphatic carbocycles. The predicted octanol–water partition coefficient (Wildman–Crippen LogP) is -3.54. The molecule has 0 amide bonds. The zero-order valence-electron chi connectivity index (χ0n) is 9.11. The number of hydrogen-bond acceptors (Lipinski definition) is 5. The Morgan fingerprint density at radius 1 is 1.13 bits per heavy atom. The number of quaternary nitrogens is 1. The van der Waals surface area contributed by atoms with E-state index >= 15 is 0 Å². The Morgan fingerprint density at radius 2 is 1.53 bits per heavy atom. The Bertz CT molecular complexity index is 161. The van der Waals surface area contributed by atoms with Crippen molar-refractivity contribution in [2.75, 3.05) is 33.5 Å². The molecule has 0 atom stereocenters. The predicted molar refractivity (Wildman–Crippen MR) is 41.6 cm³/mol. The Balaban J connectivity index is 0.000000336. The molecule has 1 heterocycles. The van der Waals surface area contributed by atoms with Gasteiger partial charge in [0.1, 0.15) is 0 Å². The third kappa shape index (κ3) is 10.3. The van der Waals surface area contributed by atoms with Crippen LogP contribution in [-0.2, 0) is 4.74 Å². The highest BCUT2D eigenvalue weighted by Gasteiger charge is 2.26. The standard InChI is InChI=1S/C8H18NO.ClHO4/c1-3-10-8-9(2)6-4-5-7-9;2-1(3,4)5/h3-8H2,1-2H3;(H,2,3,4,5)/q+1;/p-1. The normalized spacial score (nSPS) is 19.6. The van der Waals surface area contributed by atoms with Gasteiger partial charge in [0.25, 0.3) is 0 Å². The highest BCUT2D eigenvalue weighted by Crippen LogP contribution is 2.15. The van der Waals surface area contributed by atoms with Crippen molar-refractivity contribution >= 4 is 0 Å². The van der Waals surface area contributed by atoms with Crippen LogP contribution in [0.5, 0.6) is 0 Å². The summed E-state index contributed by atoms with van der Waals surface area (Å²) in [5.74, 6) is 0. The van der Waals surface area contributed by atoms with Crippen LogP contribution in [-0.4, -0.2) is 38.0 Å². The maximum Gasteiger partial charge on any atom is 0.182 e. The lowest BCUT2D eigenvalue weighted by molar-refractivity contribution is -2.00. The molecule has 0 radical (unpaired) electrons. The molecule has 1 saturated heterocycles. The average molecular weight is 244 g/mol. The molecule has 6 nitrogen and oxygen atoms in total. The van der Waals surface area contributed by atoms with Gasteiger partial charge in [-0.1, -0.05) is 0 Å². The van der Waals surface area contributed by atoms with E-state index in [1.807, 2.05) is 0 Å². The summed E-state index contributed by atoms with van der Waals surface area (Å²) < 4.78 is 40.5. The Kier molecular flexibility index (Phi) is 6.62. The van der Waals surface area contributed by atoms with Gasteiger partial charge >= 0.3 is 0 Å². The molecule has 1 aliphatic heterocycles. The van der Waals surface area contributed by atoms with Crippen molar-refractivity contribution in [1.82, 2.24) is 0 Å². The van der Waals surface area contributed by atoms with Crippen LogP contribution in [0.4, 0.5) is 0 Å². The van der Waals surface area contributed by atoms with Crippen LogP contribution in [0.1, 0.15) is 19.8 Å². The van der Waals surface area contributed by atoms with Crippen LogP contribution in [0.3, 0.4) is 0 Å². The molecule has 0 spiro atoms. The summed E-state index contributed by atoms with van der Waals surface area (Å²) in [6.45, 7) is 6.44. The SMILES string of the molecule is CCOC[N+]1(C)CCCC1.[O-][Cl+3]([O-])([O-])[O-]. The van der Waals surface area contributed by atoms with Gasteiger partial charge in [0.15, 0.2) is 6.73 Å². The minimum absolute atomic E-state index is 0.855. The molecule has 0 aromatic carbocycles. The summed E-state index contributed by atoms with van der Waals surface area (Å²) in [6, 6.07) is 0. The molecule has 0 saturated carbocycles. The van der Waals surface area contributed by atoms with Gasteiger partial charge in [-0.15, -0.1) is 10.2 Å². The summed E-state index contributed by atoms with van der Waals surface area (Å²) in [7, 11) is -2.66. The highest BCUT2D eigenvalue weighted by atomic mass is 35.7. The molecule has 0 aromatic rings. The number of likely N-dealkylation sites (tertiary alicyclic amines) is 1. The Morgan fingerprint density at radius 3 is 1.87 bits per heavy atom. The van der Waals surface area contributed by atoms with E-state index in [1.165, 1.54) is 25.9 Å². The molecule has 0 aromatic heterocycles. The second-order valence-corrected chi connectivity index (χ2v) is 4.53. The molecule has 0 N–H and O–H groups in total. The molecule has 7 heteroatoms. The fourth-order valence-corrected chi connectivity index (χ4v) is 1.54. The van der Waals surface area contributed by atoms with Crippen LogP contribution >= 0.6 is 0 Å². The Labute approximate surface area is 92.0 Å². The van der Waals surface area contributed by atoms with Crippen molar-refractivity contribution in [1.29, 1.82) is 0 Å². The van der Waals surface area contributed by atoms with Gasteiger partial charge in [0, 0.05) is 19.4 Å². The second kappa shape index (κ2) is 6.59. The van der Waals surface area contributed by atoms with E-state index in [1.54, 1.807) is 0 Å². The minimum atomic E-state index is -4.94. The van der Waals surface area contributed by atoms with Gasteiger partial charge < -0.3 is 9.22 Å². The number of nitrogens with zero attached hydrogens (tertiary/aromatic N) is 1. The molecule has 0 bridgehead atoms. The highest BCUT2D eigenvalue weighted by molar-refractivity contribution is 4.48. The van der Waals surface area contributed by atoms with Crippen molar-refractivity contribution < 1.29 is 38.1 Å². The topological polar surface area (TPSA) is 101 Å². The molecular weight excluding hydrogens is 226 g/mol. The van der Waals surface area contributed by atoms with E-state index in [-0.39, 0.29) is 0 Å². The zero-order chi connectivity index (χ0) is 11.9. The van der Waals surface area contributed by atoms with Gasteiger partial charge in [0.05, 0.1) is 20.1 Å². The van der Waals surface area contributed by atoms with Crippen molar-refractivity contribution in [3.05, 3.63) is 0 Å². The summed E-state index contributed by atoms with van der Waals surface area (Å²) in [5, 5.41) is 0. The molecule has 1 fully saturated rings. The zero-order valence-corrected chi connectivity index (χ0v) is 9.86. The second-order valence-electron chi connectivity index (χ2n) is 3.77. The van der Waals surface area contributed by atoms with Gasteiger partial charge in [-0.2, -0.15) is 0 Å². The summed E-state index contributed by atoms with van der Waals surface area (Å²) >= 11 is 0. The molecule has 1 rings (SSSR count). The van der Waals surface area contributed by atoms with Crippen LogP contribution in [0, 0.1) is 10.2 Å². The average Bonchev–Trinajstić information content (AvgIpc) is 2.46. The molecule has 0 unspecified atom stereocenters. The monoisotopic (exact) mass is 243 g/mol. The van der Waals surface area contributed by atoms with Crippen molar-refractivity contribution in [2.24, 2.45) is 0 Å². The van der Waals surface area contributed by atoms with E-state index in [2.05, 4.69) is 14.0 Å². The molecular formula is C8H18ClNO5.